The van der Waals surface area contributed by atoms with Crippen LogP contribution in [0.15, 0.2) is 42.9 Å². The number of thioether (sulfide) groups is 1. The fraction of sp³-hybridized carbons (Fsp3) is 0.556. The Balaban J connectivity index is 1.57. The van der Waals surface area contributed by atoms with Crippen molar-refractivity contribution >= 4 is 22.8 Å². The molecule has 196 valence electrons. The van der Waals surface area contributed by atoms with Crippen molar-refractivity contribution in [2.45, 2.75) is 78.0 Å². The predicted octanol–water partition coefficient (Wildman–Crippen LogP) is 4.76. The molecule has 0 saturated carbocycles. The van der Waals surface area contributed by atoms with Crippen LogP contribution in [0.5, 0.6) is 5.88 Å². The van der Waals surface area contributed by atoms with E-state index in [4.69, 9.17) is 18.9 Å². The minimum absolute atomic E-state index is 0.00980. The Hall–Kier alpha value is -2.17. The van der Waals surface area contributed by atoms with Crippen molar-refractivity contribution in [2.24, 2.45) is 0 Å². The summed E-state index contributed by atoms with van der Waals surface area (Å²) in [6, 6.07) is 10.3. The molecule has 1 fully saturated rings. The topological polar surface area (TPSA) is 79.7 Å². The first-order valence-corrected chi connectivity index (χ1v) is 13.7. The SMILES string of the molecule is CSC[C@H](NCc1cn(COCc2ccccc2)c2c(OC(C)(C)C)ncnc12)[C@H]1COC(C)(C)O1. The van der Waals surface area contributed by atoms with Crippen molar-refractivity contribution in [1.82, 2.24) is 19.9 Å². The number of rotatable bonds is 11. The van der Waals surface area contributed by atoms with Crippen molar-refractivity contribution in [2.75, 3.05) is 18.6 Å². The van der Waals surface area contributed by atoms with Crippen molar-refractivity contribution < 1.29 is 18.9 Å². The lowest BCUT2D eigenvalue weighted by Gasteiger charge is -2.24. The van der Waals surface area contributed by atoms with Gasteiger partial charge in [0.05, 0.1) is 13.2 Å². The number of nitrogens with zero attached hydrogens (tertiary/aromatic N) is 3. The average molecular weight is 515 g/mol. The summed E-state index contributed by atoms with van der Waals surface area (Å²) < 4.78 is 26.3. The number of aromatic nitrogens is 3. The molecule has 2 atom stereocenters. The number of fused-ring (bicyclic) bond motifs is 1. The van der Waals surface area contributed by atoms with Gasteiger partial charge in [-0.15, -0.1) is 0 Å². The molecule has 1 N–H and O–H groups in total. The van der Waals surface area contributed by atoms with E-state index in [1.165, 1.54) is 0 Å². The lowest BCUT2D eigenvalue weighted by Crippen LogP contribution is -2.43. The molecule has 0 unspecified atom stereocenters. The molecular weight excluding hydrogens is 476 g/mol. The van der Waals surface area contributed by atoms with E-state index < -0.39 is 11.4 Å². The number of hydrogen-bond donors (Lipinski definition) is 1. The molecule has 8 nitrogen and oxygen atoms in total. The van der Waals surface area contributed by atoms with Gasteiger partial charge in [0.2, 0.25) is 5.88 Å². The van der Waals surface area contributed by atoms with Crippen LogP contribution in [0, 0.1) is 0 Å². The molecule has 3 heterocycles. The van der Waals surface area contributed by atoms with Crippen LogP contribution < -0.4 is 10.1 Å². The van der Waals surface area contributed by atoms with Crippen LogP contribution in [0.4, 0.5) is 0 Å². The summed E-state index contributed by atoms with van der Waals surface area (Å²) in [7, 11) is 0. The highest BCUT2D eigenvalue weighted by Gasteiger charge is 2.37. The van der Waals surface area contributed by atoms with E-state index in [1.807, 2.05) is 57.4 Å². The van der Waals surface area contributed by atoms with E-state index >= 15 is 0 Å². The van der Waals surface area contributed by atoms with Gasteiger partial charge in [0.15, 0.2) is 5.79 Å². The van der Waals surface area contributed by atoms with Crippen molar-refractivity contribution in [3.05, 3.63) is 54.0 Å². The first kappa shape index (κ1) is 26.9. The molecule has 2 aromatic heterocycles. The standard InChI is InChI=1S/C27H38N4O4S/c1-26(2,3)35-25-24-23(29-17-30-25)20(13-31(24)18-32-14-19-10-8-7-9-11-19)12-28-21(16-36-6)22-15-33-27(4,5)34-22/h7-11,13,17,21-22,28H,12,14-16,18H2,1-6H3/t21-,22+/m0/s1. The average Bonchev–Trinajstić information content (AvgIpc) is 3.36. The zero-order valence-electron chi connectivity index (χ0n) is 22.1. The monoisotopic (exact) mass is 514 g/mol. The molecule has 0 bridgehead atoms. The van der Waals surface area contributed by atoms with Crippen LogP contribution in [0.25, 0.3) is 11.0 Å². The zero-order valence-corrected chi connectivity index (χ0v) is 22.9. The normalized spacial score (nSPS) is 18.6. The van der Waals surface area contributed by atoms with E-state index in [0.717, 1.165) is 27.9 Å². The number of hydrogen-bond acceptors (Lipinski definition) is 8. The van der Waals surface area contributed by atoms with E-state index in [9.17, 15) is 0 Å². The lowest BCUT2D eigenvalue weighted by molar-refractivity contribution is -0.141. The first-order valence-electron chi connectivity index (χ1n) is 12.3. The van der Waals surface area contributed by atoms with Gasteiger partial charge in [0.1, 0.15) is 35.8 Å². The predicted molar refractivity (Wildman–Crippen MR) is 143 cm³/mol. The van der Waals surface area contributed by atoms with Gasteiger partial charge in [0.25, 0.3) is 0 Å². The fourth-order valence-corrected chi connectivity index (χ4v) is 4.93. The van der Waals surface area contributed by atoms with Crippen LogP contribution >= 0.6 is 11.8 Å². The van der Waals surface area contributed by atoms with Gasteiger partial charge in [-0.2, -0.15) is 16.7 Å². The van der Waals surface area contributed by atoms with Crippen LogP contribution in [0.2, 0.25) is 0 Å². The minimum Gasteiger partial charge on any atom is -0.470 e. The molecule has 0 radical (unpaired) electrons. The largest absolute Gasteiger partial charge is 0.470 e. The molecule has 9 heteroatoms. The van der Waals surface area contributed by atoms with Gasteiger partial charge in [-0.25, -0.2) is 4.98 Å². The maximum absolute atomic E-state index is 6.21. The van der Waals surface area contributed by atoms with Crippen LogP contribution in [0.3, 0.4) is 0 Å². The molecule has 3 aromatic rings. The smallest absolute Gasteiger partial charge is 0.242 e. The fourth-order valence-electron chi connectivity index (χ4n) is 4.23. The Morgan fingerprint density at radius 2 is 2.00 bits per heavy atom. The number of ether oxygens (including phenoxy) is 4. The molecule has 1 aliphatic heterocycles. The van der Waals surface area contributed by atoms with Crippen LogP contribution in [-0.4, -0.2) is 56.7 Å². The summed E-state index contributed by atoms with van der Waals surface area (Å²) in [6.07, 6.45) is 5.75. The molecule has 1 aromatic carbocycles. The molecule has 1 saturated heterocycles. The van der Waals surface area contributed by atoms with Gasteiger partial charge >= 0.3 is 0 Å². The Morgan fingerprint density at radius 3 is 2.67 bits per heavy atom. The quantitative estimate of drug-likeness (QED) is 0.393. The second-order valence-electron chi connectivity index (χ2n) is 10.5. The molecular formula is C27H38N4O4S. The molecule has 4 rings (SSSR count). The molecule has 1 aliphatic rings. The summed E-state index contributed by atoms with van der Waals surface area (Å²) in [5, 5.41) is 3.69. The van der Waals surface area contributed by atoms with Crippen molar-refractivity contribution in [3.8, 4) is 5.88 Å². The summed E-state index contributed by atoms with van der Waals surface area (Å²) in [5.41, 5.74) is 3.47. The highest BCUT2D eigenvalue weighted by Crippen LogP contribution is 2.30. The van der Waals surface area contributed by atoms with Gasteiger partial charge < -0.3 is 28.8 Å². The second kappa shape index (κ2) is 11.5. The summed E-state index contributed by atoms with van der Waals surface area (Å²) in [5.74, 6) is 0.912. The van der Waals surface area contributed by atoms with E-state index in [1.54, 1.807) is 18.1 Å². The third-order valence-electron chi connectivity index (χ3n) is 5.82. The van der Waals surface area contributed by atoms with Crippen LogP contribution in [0.1, 0.15) is 45.7 Å². The molecule has 36 heavy (non-hydrogen) atoms. The Morgan fingerprint density at radius 1 is 1.22 bits per heavy atom. The number of benzene rings is 1. The summed E-state index contributed by atoms with van der Waals surface area (Å²) in [6.45, 7) is 12.0. The van der Waals surface area contributed by atoms with Gasteiger partial charge in [-0.1, -0.05) is 30.3 Å². The third kappa shape index (κ3) is 6.98. The van der Waals surface area contributed by atoms with Crippen molar-refractivity contribution in [3.63, 3.8) is 0 Å². The van der Waals surface area contributed by atoms with Crippen molar-refractivity contribution in [1.29, 1.82) is 0 Å². The number of nitrogens with one attached hydrogen (secondary N) is 1. The maximum Gasteiger partial charge on any atom is 0.242 e. The van der Waals surface area contributed by atoms with E-state index in [-0.39, 0.29) is 12.1 Å². The summed E-state index contributed by atoms with van der Waals surface area (Å²) in [4.78, 5) is 9.10. The minimum atomic E-state index is -0.554. The van der Waals surface area contributed by atoms with Gasteiger partial charge in [0, 0.05) is 30.1 Å². The van der Waals surface area contributed by atoms with Crippen LogP contribution in [-0.2, 0) is 34.1 Å². The molecule has 0 amide bonds. The molecule has 0 spiro atoms. The van der Waals surface area contributed by atoms with Gasteiger partial charge in [-0.05, 0) is 46.4 Å². The maximum atomic E-state index is 6.21. The third-order valence-corrected chi connectivity index (χ3v) is 6.51. The first-order chi connectivity index (χ1) is 17.1. The Kier molecular flexibility index (Phi) is 8.57. The lowest BCUT2D eigenvalue weighted by atomic mass is 10.2. The van der Waals surface area contributed by atoms with Gasteiger partial charge in [-0.3, -0.25) is 0 Å². The Bertz CT molecular complexity index is 1130. The summed E-state index contributed by atoms with van der Waals surface area (Å²) >= 11 is 1.79. The Labute approximate surface area is 218 Å². The van der Waals surface area contributed by atoms with E-state index in [0.29, 0.717) is 32.4 Å². The molecule has 0 aliphatic carbocycles. The zero-order chi connectivity index (χ0) is 25.8. The highest BCUT2D eigenvalue weighted by molar-refractivity contribution is 7.98. The second-order valence-corrected chi connectivity index (χ2v) is 11.4. The highest BCUT2D eigenvalue weighted by atomic mass is 32.2. The van der Waals surface area contributed by atoms with E-state index in [2.05, 4.69) is 39.9 Å².